The molecule has 5 nitrogen and oxygen atoms in total. The molecule has 1 unspecified atom stereocenters. The van der Waals surface area contributed by atoms with Crippen molar-refractivity contribution in [1.82, 2.24) is 0 Å². The monoisotopic (exact) mass is 173 g/mol. The summed E-state index contributed by atoms with van der Waals surface area (Å²) in [7, 11) is 1.63. The van der Waals surface area contributed by atoms with Crippen LogP contribution in [0.3, 0.4) is 0 Å². The number of hydrogen-bond donors (Lipinski definition) is 0. The van der Waals surface area contributed by atoms with E-state index in [4.69, 9.17) is 15.0 Å². The van der Waals surface area contributed by atoms with Gasteiger partial charge in [-0.1, -0.05) is 12.0 Å². The van der Waals surface area contributed by atoms with Gasteiger partial charge >= 0.3 is 0 Å². The molecule has 0 fully saturated rings. The summed E-state index contributed by atoms with van der Waals surface area (Å²) in [5.41, 5.74) is 8.07. The maximum absolute atomic E-state index is 8.07. The Morgan fingerprint density at radius 1 is 1.42 bits per heavy atom. The van der Waals surface area contributed by atoms with E-state index in [-0.39, 0.29) is 6.04 Å². The summed E-state index contributed by atoms with van der Waals surface area (Å²) < 4.78 is 9.97. The first-order valence-electron chi connectivity index (χ1n) is 3.92. The second-order valence-electron chi connectivity index (χ2n) is 2.45. The van der Waals surface area contributed by atoms with Crippen molar-refractivity contribution in [3.8, 4) is 0 Å². The van der Waals surface area contributed by atoms with E-state index < -0.39 is 0 Å². The van der Waals surface area contributed by atoms with Crippen molar-refractivity contribution in [3.63, 3.8) is 0 Å². The summed E-state index contributed by atoms with van der Waals surface area (Å²) in [6.07, 6.45) is 0.758. The summed E-state index contributed by atoms with van der Waals surface area (Å²) >= 11 is 0. The highest BCUT2D eigenvalue weighted by Crippen LogP contribution is 1.96. The minimum absolute atomic E-state index is 0.0116. The van der Waals surface area contributed by atoms with Crippen molar-refractivity contribution < 1.29 is 9.47 Å². The zero-order valence-electron chi connectivity index (χ0n) is 7.56. The molecule has 0 bridgehead atoms. The number of hydrogen-bond acceptors (Lipinski definition) is 3. The standard InChI is InChI=1S/C7H15N3O2/c1-7(9-10-8)3-4-12-6-5-11-2/h7H,3-6H2,1-2H3. The van der Waals surface area contributed by atoms with Crippen LogP contribution in [0.5, 0.6) is 0 Å². The number of ether oxygens (including phenoxy) is 2. The highest BCUT2D eigenvalue weighted by atomic mass is 16.5. The Hall–Kier alpha value is -0.770. The van der Waals surface area contributed by atoms with E-state index in [2.05, 4.69) is 10.0 Å². The van der Waals surface area contributed by atoms with Crippen LogP contribution < -0.4 is 0 Å². The SMILES string of the molecule is COCCOCCC(C)N=[N+]=[N-]. The van der Waals surface area contributed by atoms with Crippen LogP contribution in [0.15, 0.2) is 5.11 Å². The van der Waals surface area contributed by atoms with Gasteiger partial charge in [0.1, 0.15) is 0 Å². The van der Waals surface area contributed by atoms with Gasteiger partial charge in [-0.05, 0) is 12.0 Å². The Kier molecular flexibility index (Phi) is 7.79. The zero-order chi connectivity index (χ0) is 9.23. The van der Waals surface area contributed by atoms with Gasteiger partial charge in [-0.3, -0.25) is 0 Å². The maximum Gasteiger partial charge on any atom is 0.0700 e. The van der Waals surface area contributed by atoms with E-state index in [1.54, 1.807) is 7.11 Å². The minimum atomic E-state index is 0.0116. The van der Waals surface area contributed by atoms with Crippen molar-refractivity contribution in [2.75, 3.05) is 26.9 Å². The quantitative estimate of drug-likeness (QED) is 0.254. The van der Waals surface area contributed by atoms with Crippen LogP contribution >= 0.6 is 0 Å². The largest absolute Gasteiger partial charge is 0.382 e. The van der Waals surface area contributed by atoms with Crippen LogP contribution in [0.1, 0.15) is 13.3 Å². The second-order valence-corrected chi connectivity index (χ2v) is 2.45. The molecule has 0 aromatic heterocycles. The molecule has 0 aromatic rings. The second kappa shape index (κ2) is 8.33. The first kappa shape index (κ1) is 11.2. The van der Waals surface area contributed by atoms with Crippen molar-refractivity contribution in [2.24, 2.45) is 5.11 Å². The molecular weight excluding hydrogens is 158 g/mol. The molecule has 12 heavy (non-hydrogen) atoms. The summed E-state index contributed by atoms with van der Waals surface area (Å²) in [6, 6.07) is 0.0116. The average Bonchev–Trinajstić information content (AvgIpc) is 2.05. The van der Waals surface area contributed by atoms with E-state index >= 15 is 0 Å². The molecule has 0 aromatic carbocycles. The van der Waals surface area contributed by atoms with Gasteiger partial charge in [0.2, 0.25) is 0 Å². The van der Waals surface area contributed by atoms with Crippen LogP contribution in [0, 0.1) is 0 Å². The van der Waals surface area contributed by atoms with Crippen LogP contribution in [-0.4, -0.2) is 33.0 Å². The fourth-order valence-corrected chi connectivity index (χ4v) is 0.644. The molecule has 0 aliphatic heterocycles. The molecule has 1 atom stereocenters. The fourth-order valence-electron chi connectivity index (χ4n) is 0.644. The molecule has 0 spiro atoms. The third-order valence-electron chi connectivity index (χ3n) is 1.36. The third-order valence-corrected chi connectivity index (χ3v) is 1.36. The van der Waals surface area contributed by atoms with E-state index in [1.807, 2.05) is 6.92 Å². The van der Waals surface area contributed by atoms with Gasteiger partial charge in [0.15, 0.2) is 0 Å². The van der Waals surface area contributed by atoms with E-state index in [1.165, 1.54) is 0 Å². The Labute approximate surface area is 72.3 Å². The van der Waals surface area contributed by atoms with E-state index in [0.29, 0.717) is 19.8 Å². The first-order valence-corrected chi connectivity index (χ1v) is 3.92. The van der Waals surface area contributed by atoms with Gasteiger partial charge in [0.05, 0.1) is 13.2 Å². The average molecular weight is 173 g/mol. The Balaban J connectivity index is 3.13. The van der Waals surface area contributed by atoms with Gasteiger partial charge in [-0.15, -0.1) is 0 Å². The van der Waals surface area contributed by atoms with Crippen molar-refractivity contribution in [3.05, 3.63) is 10.4 Å². The van der Waals surface area contributed by atoms with E-state index in [9.17, 15) is 0 Å². The maximum atomic E-state index is 8.07. The van der Waals surface area contributed by atoms with Crippen molar-refractivity contribution >= 4 is 0 Å². The highest BCUT2D eigenvalue weighted by Gasteiger charge is 1.96. The number of nitrogens with zero attached hydrogens (tertiary/aromatic N) is 3. The molecule has 0 N–H and O–H groups in total. The highest BCUT2D eigenvalue weighted by molar-refractivity contribution is 4.59. The van der Waals surface area contributed by atoms with Crippen LogP contribution in [0.25, 0.3) is 10.4 Å². The van der Waals surface area contributed by atoms with Crippen molar-refractivity contribution in [2.45, 2.75) is 19.4 Å². The predicted molar refractivity (Wildman–Crippen MR) is 45.9 cm³/mol. The summed E-state index contributed by atoms with van der Waals surface area (Å²) in [5.74, 6) is 0. The van der Waals surface area contributed by atoms with Crippen LogP contribution in [-0.2, 0) is 9.47 Å². The smallest absolute Gasteiger partial charge is 0.0700 e. The summed E-state index contributed by atoms with van der Waals surface area (Å²) in [4.78, 5) is 2.70. The Morgan fingerprint density at radius 2 is 2.17 bits per heavy atom. The molecule has 0 amide bonds. The lowest BCUT2D eigenvalue weighted by atomic mass is 10.3. The predicted octanol–water partition coefficient (Wildman–Crippen LogP) is 1.74. The van der Waals surface area contributed by atoms with E-state index in [0.717, 1.165) is 6.42 Å². The van der Waals surface area contributed by atoms with Gasteiger partial charge in [0, 0.05) is 24.7 Å². The number of rotatable bonds is 7. The lowest BCUT2D eigenvalue weighted by Crippen LogP contribution is -2.07. The van der Waals surface area contributed by atoms with Crippen LogP contribution in [0.4, 0.5) is 0 Å². The molecule has 0 rings (SSSR count). The molecule has 0 saturated heterocycles. The lowest BCUT2D eigenvalue weighted by molar-refractivity contribution is 0.0678. The minimum Gasteiger partial charge on any atom is -0.382 e. The molecular formula is C7H15N3O2. The summed E-state index contributed by atoms with van der Waals surface area (Å²) in [6.45, 7) is 3.68. The fraction of sp³-hybridized carbons (Fsp3) is 1.00. The van der Waals surface area contributed by atoms with Gasteiger partial charge in [-0.2, -0.15) is 0 Å². The number of methoxy groups -OCH3 is 1. The van der Waals surface area contributed by atoms with Crippen LogP contribution in [0.2, 0.25) is 0 Å². The molecule has 0 radical (unpaired) electrons. The summed E-state index contributed by atoms with van der Waals surface area (Å²) in [5, 5.41) is 3.51. The van der Waals surface area contributed by atoms with Gasteiger partial charge < -0.3 is 9.47 Å². The van der Waals surface area contributed by atoms with Gasteiger partial charge in [0.25, 0.3) is 0 Å². The number of azide groups is 1. The van der Waals surface area contributed by atoms with Crippen molar-refractivity contribution in [1.29, 1.82) is 0 Å². The lowest BCUT2D eigenvalue weighted by Gasteiger charge is -2.04. The molecule has 0 aliphatic carbocycles. The molecule has 0 heterocycles. The zero-order valence-corrected chi connectivity index (χ0v) is 7.56. The third kappa shape index (κ3) is 7.34. The Bertz CT molecular complexity index is 146. The first-order chi connectivity index (χ1) is 5.81. The Morgan fingerprint density at radius 3 is 2.75 bits per heavy atom. The topological polar surface area (TPSA) is 67.2 Å². The normalized spacial score (nSPS) is 12.2. The molecule has 5 heteroatoms. The molecule has 0 saturated carbocycles. The van der Waals surface area contributed by atoms with Gasteiger partial charge in [-0.25, -0.2) is 0 Å². The molecule has 0 aliphatic rings. The molecule has 70 valence electrons.